The first-order chi connectivity index (χ1) is 41.8. The summed E-state index contributed by atoms with van der Waals surface area (Å²) >= 11 is 0. The van der Waals surface area contributed by atoms with E-state index in [4.69, 9.17) is 26.4 Å². The van der Waals surface area contributed by atoms with Gasteiger partial charge in [-0.3, -0.25) is 29.4 Å². The van der Waals surface area contributed by atoms with Gasteiger partial charge < -0.3 is 62.2 Å². The number of esters is 2. The number of H-pyrrole nitrogens is 2. The van der Waals surface area contributed by atoms with Gasteiger partial charge in [0.2, 0.25) is 17.7 Å². The highest BCUT2D eigenvalue weighted by atomic mass is 16.5. The number of hydrogen-bond donors (Lipinski definition) is 10. The molecule has 20 nitrogen and oxygen atoms in total. The minimum absolute atomic E-state index is 0.0387. The van der Waals surface area contributed by atoms with Crippen molar-refractivity contribution >= 4 is 35.6 Å². The molecule has 3 amide bonds. The topological polar surface area (TPSA) is 309 Å². The molecule has 0 aliphatic carbocycles. The number of unbranched alkanes of at least 4 members (excludes halogenated alkanes) is 25. The summed E-state index contributed by atoms with van der Waals surface area (Å²) < 4.78 is 11.7. The highest BCUT2D eigenvalue weighted by Gasteiger charge is 2.29. The number of carbonyl (C=O) groups excluding carboxylic acids is 5. The van der Waals surface area contributed by atoms with E-state index >= 15 is 0 Å². The van der Waals surface area contributed by atoms with Crippen LogP contribution in [-0.4, -0.2) is 135 Å². The van der Waals surface area contributed by atoms with Crippen LogP contribution in [0.15, 0.2) is 25.0 Å². The van der Waals surface area contributed by atoms with Gasteiger partial charge >= 0.3 is 11.9 Å². The first-order valence-corrected chi connectivity index (χ1v) is 34.3. The predicted octanol–water partition coefficient (Wildman–Crippen LogP) is 10.8. The van der Waals surface area contributed by atoms with Crippen molar-refractivity contribution in [3.8, 4) is 0 Å². The Kier molecular flexibility index (Phi) is 47.5. The molecule has 2 aromatic heterocycles. The number of nitrogens with zero attached hydrogens (tertiary/aromatic N) is 3. The molecule has 2 rings (SSSR count). The second-order valence-electron chi connectivity index (χ2n) is 24.1. The van der Waals surface area contributed by atoms with Crippen molar-refractivity contribution in [3.63, 3.8) is 0 Å². The molecule has 2 heterocycles. The van der Waals surface area contributed by atoms with E-state index in [2.05, 4.69) is 66.9 Å². The van der Waals surface area contributed by atoms with E-state index in [1.165, 1.54) is 122 Å². The molecule has 2 aromatic rings. The van der Waals surface area contributed by atoms with Crippen molar-refractivity contribution < 1.29 is 38.6 Å². The number of nitrogens with two attached hydrogens (primary N) is 2. The average Bonchev–Trinajstić information content (AvgIpc) is 4.39. The summed E-state index contributed by atoms with van der Waals surface area (Å²) in [5, 5.41) is 30.0. The number of carbonyl (C=O) groups is 5. The minimum Gasteiger partial charge on any atom is -0.466 e. The molecule has 4 atom stereocenters. The molecule has 12 N–H and O–H groups in total. The van der Waals surface area contributed by atoms with E-state index in [-0.39, 0.29) is 43.3 Å². The molecular formula is C66H122N12O8. The Bertz CT molecular complexity index is 1960. The van der Waals surface area contributed by atoms with Crippen molar-refractivity contribution in [1.82, 2.24) is 46.1 Å². The normalized spacial score (nSPS) is 12.9. The van der Waals surface area contributed by atoms with Crippen LogP contribution in [0.2, 0.25) is 0 Å². The van der Waals surface area contributed by atoms with Gasteiger partial charge in [0, 0.05) is 69.1 Å². The van der Waals surface area contributed by atoms with Crippen LogP contribution in [0.3, 0.4) is 0 Å². The summed E-state index contributed by atoms with van der Waals surface area (Å²) in [6.07, 6.45) is 44.5. The summed E-state index contributed by atoms with van der Waals surface area (Å²) in [5.41, 5.74) is 12.8. The van der Waals surface area contributed by atoms with Gasteiger partial charge in [-0.15, -0.1) is 0 Å². The fourth-order valence-electron chi connectivity index (χ4n) is 10.8. The SMILES string of the molecule is CCCCCCCCCCCOC(=O)CCCCCN(CCCCCCCC(=O)OC(CCCCCCCC)CCCCCCCC)CC(O)CCCCNC(=O)[C@H](Cc1cnc[nH]1)NC(=O)[C@H](Cc1cnc[nH]1)NC(=O)[C@H](N)CCCNC(=N)N. The molecule has 0 spiro atoms. The smallest absolute Gasteiger partial charge is 0.306 e. The Morgan fingerprint density at radius 1 is 0.547 bits per heavy atom. The van der Waals surface area contributed by atoms with Crippen LogP contribution >= 0.6 is 0 Å². The first kappa shape index (κ1) is 77.0. The van der Waals surface area contributed by atoms with Crippen molar-refractivity contribution in [2.24, 2.45) is 11.5 Å². The Balaban J connectivity index is 1.92. The molecule has 0 aromatic carbocycles. The summed E-state index contributed by atoms with van der Waals surface area (Å²) in [4.78, 5) is 82.9. The van der Waals surface area contributed by atoms with Gasteiger partial charge in [0.05, 0.1) is 31.4 Å². The maximum atomic E-state index is 13.9. The number of aromatic amines is 2. The molecule has 0 radical (unpaired) electrons. The predicted molar refractivity (Wildman–Crippen MR) is 345 cm³/mol. The number of aliphatic hydroxyl groups is 1. The van der Waals surface area contributed by atoms with Gasteiger partial charge in [0.25, 0.3) is 0 Å². The number of nitrogens with one attached hydrogen (secondary N) is 7. The quantitative estimate of drug-likeness (QED) is 0.0128. The average molecular weight is 1210 g/mol. The molecule has 1 unspecified atom stereocenters. The fraction of sp³-hybridized carbons (Fsp3) is 0.818. The highest BCUT2D eigenvalue weighted by Crippen LogP contribution is 2.19. The van der Waals surface area contributed by atoms with Crippen molar-refractivity contribution in [2.45, 2.75) is 308 Å². The molecular weight excluding hydrogens is 1090 g/mol. The largest absolute Gasteiger partial charge is 0.466 e. The first-order valence-electron chi connectivity index (χ1n) is 34.3. The molecule has 0 aliphatic heterocycles. The van der Waals surface area contributed by atoms with Gasteiger partial charge in [-0.2, -0.15) is 0 Å². The third-order valence-electron chi connectivity index (χ3n) is 16.1. The van der Waals surface area contributed by atoms with Gasteiger partial charge in [-0.05, 0) is 103 Å². The molecule has 0 saturated carbocycles. The lowest BCUT2D eigenvalue weighted by Gasteiger charge is -2.25. The highest BCUT2D eigenvalue weighted by molar-refractivity contribution is 5.93. The van der Waals surface area contributed by atoms with E-state index in [0.717, 1.165) is 103 Å². The lowest BCUT2D eigenvalue weighted by atomic mass is 10.0. The van der Waals surface area contributed by atoms with Crippen LogP contribution in [0.4, 0.5) is 0 Å². The van der Waals surface area contributed by atoms with Crippen LogP contribution in [-0.2, 0) is 46.3 Å². The van der Waals surface area contributed by atoms with Gasteiger partial charge in [-0.1, -0.05) is 162 Å². The Hall–Kier alpha value is -5.08. The van der Waals surface area contributed by atoms with Gasteiger partial charge in [-0.25, -0.2) is 9.97 Å². The fourth-order valence-corrected chi connectivity index (χ4v) is 10.8. The lowest BCUT2D eigenvalue weighted by Crippen LogP contribution is -2.57. The van der Waals surface area contributed by atoms with E-state index in [9.17, 15) is 29.1 Å². The molecule has 0 bridgehead atoms. The lowest BCUT2D eigenvalue weighted by molar-refractivity contribution is -0.150. The van der Waals surface area contributed by atoms with Gasteiger partial charge in [0.15, 0.2) is 5.96 Å². The second-order valence-corrected chi connectivity index (χ2v) is 24.1. The summed E-state index contributed by atoms with van der Waals surface area (Å²) in [6.45, 7) is 10.1. The monoisotopic (exact) mass is 1210 g/mol. The third kappa shape index (κ3) is 42.7. The number of imidazole rings is 2. The number of amides is 3. The zero-order chi connectivity index (χ0) is 62.5. The van der Waals surface area contributed by atoms with Crippen molar-refractivity contribution in [3.05, 3.63) is 36.4 Å². The molecule has 0 saturated heterocycles. The van der Waals surface area contributed by atoms with Crippen LogP contribution in [0, 0.1) is 5.41 Å². The summed E-state index contributed by atoms with van der Waals surface area (Å²) in [5.74, 6) is -1.87. The van der Waals surface area contributed by atoms with E-state index in [1.807, 2.05) is 0 Å². The maximum absolute atomic E-state index is 13.9. The standard InChI is InChI=1S/C66H122N12O8/c1-4-7-10-13-16-17-18-24-34-46-85-61(80)40-29-25-33-45-78(44-32-23-19-22-28-41-62(81)86-57(37-26-20-14-11-8-5-2)38-27-21-15-12-9-6-3)51-56(79)36-30-31-42-72-64(83)59(47-54-49-70-52-74-54)77-65(84)60(48-55-50-71-53-75-55)76-63(82)58(67)39-35-43-73-66(68)69/h49-50,52-53,56-60,79H,4-48,51,67H2,1-3H3,(H,70,74)(H,71,75)(H,72,83)(H,76,82)(H,77,84)(H4,68,69,73)/t56?,58-,59+,60+/m1/s1. The molecule has 20 heteroatoms. The number of rotatable bonds is 59. The number of aromatic nitrogens is 4. The second kappa shape index (κ2) is 53.0. The third-order valence-corrected chi connectivity index (χ3v) is 16.1. The zero-order valence-corrected chi connectivity index (χ0v) is 54.0. The number of ether oxygens (including phenoxy) is 2. The molecule has 86 heavy (non-hydrogen) atoms. The Morgan fingerprint density at radius 3 is 1.53 bits per heavy atom. The van der Waals surface area contributed by atoms with Crippen LogP contribution in [0.1, 0.15) is 276 Å². The van der Waals surface area contributed by atoms with E-state index in [1.54, 1.807) is 12.4 Å². The summed E-state index contributed by atoms with van der Waals surface area (Å²) in [6, 6.07) is -3.01. The number of hydrogen-bond acceptors (Lipinski definition) is 13. The molecule has 0 aliphatic rings. The van der Waals surface area contributed by atoms with Gasteiger partial charge in [0.1, 0.15) is 18.2 Å². The van der Waals surface area contributed by atoms with Crippen LogP contribution in [0.25, 0.3) is 0 Å². The summed E-state index contributed by atoms with van der Waals surface area (Å²) in [7, 11) is 0. The number of guanidine groups is 1. The molecule has 494 valence electrons. The zero-order valence-electron chi connectivity index (χ0n) is 54.0. The number of aliphatic hydroxyl groups excluding tert-OH is 1. The Morgan fingerprint density at radius 2 is 1.00 bits per heavy atom. The van der Waals surface area contributed by atoms with Crippen molar-refractivity contribution in [2.75, 3.05) is 39.3 Å². The van der Waals surface area contributed by atoms with Crippen molar-refractivity contribution in [1.29, 1.82) is 5.41 Å². The van der Waals surface area contributed by atoms with E-state index in [0.29, 0.717) is 76.2 Å². The molecule has 0 fully saturated rings. The van der Waals surface area contributed by atoms with Crippen LogP contribution in [0.5, 0.6) is 0 Å². The van der Waals surface area contributed by atoms with E-state index < -0.39 is 42.0 Å². The maximum Gasteiger partial charge on any atom is 0.306 e. The Labute approximate surface area is 518 Å². The minimum atomic E-state index is -1.08. The van der Waals surface area contributed by atoms with Crippen LogP contribution < -0.4 is 32.7 Å².